The molecule has 2 fully saturated rings. The third-order valence-electron chi connectivity index (χ3n) is 7.40. The fraction of sp³-hybridized carbons (Fsp3) is 0.500. The van der Waals surface area contributed by atoms with Gasteiger partial charge in [-0.1, -0.05) is 23.7 Å². The van der Waals surface area contributed by atoms with E-state index >= 15 is 0 Å². The zero-order valence-corrected chi connectivity index (χ0v) is 20.8. The molecular formula is C26H31F3N6O2. The highest BCUT2D eigenvalue weighted by Crippen LogP contribution is 2.48. The summed E-state index contributed by atoms with van der Waals surface area (Å²) in [5.74, 6) is 2.73. The highest BCUT2D eigenvalue weighted by atomic mass is 19.4. The number of aromatic nitrogens is 3. The molecule has 3 aromatic rings. The molecule has 0 atom stereocenters. The van der Waals surface area contributed by atoms with Crippen molar-refractivity contribution in [3.63, 3.8) is 0 Å². The standard InChI is InChI=1S/C26H31F3N6O2/c1-36-21-6-3-19(4-7-21)25(9-2-10-25)24-32-23(37-33-24)18-30-11-12-34-13-15-35(16-14-34)22-8-5-20(17-31-22)26(27,28)29/h3-8,17,30H,2,9-16,18H2,1H3. The van der Waals surface area contributed by atoms with E-state index in [0.29, 0.717) is 18.3 Å². The maximum absolute atomic E-state index is 12.8. The van der Waals surface area contributed by atoms with E-state index in [2.05, 4.69) is 32.5 Å². The average Bonchev–Trinajstić information content (AvgIpc) is 3.35. The lowest BCUT2D eigenvalue weighted by Crippen LogP contribution is -2.48. The van der Waals surface area contributed by atoms with Gasteiger partial charge in [-0.15, -0.1) is 0 Å². The van der Waals surface area contributed by atoms with Gasteiger partial charge >= 0.3 is 6.18 Å². The third kappa shape index (κ3) is 5.57. The minimum atomic E-state index is -4.37. The van der Waals surface area contributed by atoms with Crippen LogP contribution in [0.5, 0.6) is 5.75 Å². The Morgan fingerprint density at radius 2 is 1.81 bits per heavy atom. The van der Waals surface area contributed by atoms with Crippen LogP contribution in [0.25, 0.3) is 0 Å². The van der Waals surface area contributed by atoms with Gasteiger partial charge in [0.15, 0.2) is 5.82 Å². The number of benzene rings is 1. The van der Waals surface area contributed by atoms with E-state index in [1.54, 1.807) is 7.11 Å². The lowest BCUT2D eigenvalue weighted by Gasteiger charge is -2.39. The number of piperazine rings is 1. The summed E-state index contributed by atoms with van der Waals surface area (Å²) < 4.78 is 49.1. The van der Waals surface area contributed by atoms with Crippen LogP contribution >= 0.6 is 0 Å². The van der Waals surface area contributed by atoms with Gasteiger partial charge < -0.3 is 19.5 Å². The molecule has 37 heavy (non-hydrogen) atoms. The zero-order chi connectivity index (χ0) is 25.9. The van der Waals surface area contributed by atoms with Crippen LogP contribution < -0.4 is 15.0 Å². The predicted octanol–water partition coefficient (Wildman–Crippen LogP) is 3.87. The summed E-state index contributed by atoms with van der Waals surface area (Å²) in [4.78, 5) is 13.0. The molecule has 3 heterocycles. The summed E-state index contributed by atoms with van der Waals surface area (Å²) in [6, 6.07) is 10.6. The molecule has 2 aromatic heterocycles. The van der Waals surface area contributed by atoms with Gasteiger partial charge in [-0.05, 0) is 42.7 Å². The number of nitrogens with zero attached hydrogens (tertiary/aromatic N) is 5. The van der Waals surface area contributed by atoms with Gasteiger partial charge in [-0.3, -0.25) is 4.90 Å². The smallest absolute Gasteiger partial charge is 0.417 e. The first-order valence-electron chi connectivity index (χ1n) is 12.6. The number of nitrogens with one attached hydrogen (secondary N) is 1. The van der Waals surface area contributed by atoms with Crippen LogP contribution in [0.15, 0.2) is 47.1 Å². The number of ether oxygens (including phenoxy) is 1. The van der Waals surface area contributed by atoms with E-state index in [1.165, 1.54) is 11.6 Å². The normalized spacial score (nSPS) is 18.0. The van der Waals surface area contributed by atoms with E-state index in [9.17, 15) is 13.2 Å². The Morgan fingerprint density at radius 1 is 1.05 bits per heavy atom. The second-order valence-electron chi connectivity index (χ2n) is 9.58. The van der Waals surface area contributed by atoms with Gasteiger partial charge in [-0.2, -0.15) is 18.2 Å². The minimum Gasteiger partial charge on any atom is -0.497 e. The molecule has 1 saturated heterocycles. The summed E-state index contributed by atoms with van der Waals surface area (Å²) in [7, 11) is 1.66. The van der Waals surface area contributed by atoms with Gasteiger partial charge in [0.05, 0.1) is 24.6 Å². The van der Waals surface area contributed by atoms with Crippen molar-refractivity contribution >= 4 is 5.82 Å². The van der Waals surface area contributed by atoms with Crippen molar-refractivity contribution in [2.24, 2.45) is 0 Å². The summed E-state index contributed by atoms with van der Waals surface area (Å²) in [5.41, 5.74) is 0.277. The Balaban J connectivity index is 1.06. The molecule has 1 N–H and O–H groups in total. The van der Waals surface area contributed by atoms with Gasteiger partial charge in [-0.25, -0.2) is 4.98 Å². The van der Waals surface area contributed by atoms with Crippen LogP contribution in [0.4, 0.5) is 19.0 Å². The van der Waals surface area contributed by atoms with E-state index in [4.69, 9.17) is 14.2 Å². The van der Waals surface area contributed by atoms with Crippen molar-refractivity contribution in [2.75, 3.05) is 51.3 Å². The number of hydrogen-bond acceptors (Lipinski definition) is 8. The molecule has 0 radical (unpaired) electrons. The van der Waals surface area contributed by atoms with E-state index in [0.717, 1.165) is 82.4 Å². The lowest BCUT2D eigenvalue weighted by molar-refractivity contribution is -0.137. The van der Waals surface area contributed by atoms with Crippen LogP contribution in [-0.2, 0) is 18.1 Å². The van der Waals surface area contributed by atoms with Crippen LogP contribution in [-0.4, -0.2) is 66.4 Å². The number of pyridine rings is 1. The van der Waals surface area contributed by atoms with Crippen molar-refractivity contribution < 1.29 is 22.4 Å². The molecule has 5 rings (SSSR count). The maximum Gasteiger partial charge on any atom is 0.417 e. The summed E-state index contributed by atoms with van der Waals surface area (Å²) in [6.45, 7) is 5.20. The molecular weight excluding hydrogens is 485 g/mol. The first-order valence-corrected chi connectivity index (χ1v) is 12.6. The highest BCUT2D eigenvalue weighted by molar-refractivity contribution is 5.41. The fourth-order valence-electron chi connectivity index (χ4n) is 4.98. The van der Waals surface area contributed by atoms with Gasteiger partial charge in [0.1, 0.15) is 11.6 Å². The maximum atomic E-state index is 12.8. The van der Waals surface area contributed by atoms with Gasteiger partial charge in [0.25, 0.3) is 0 Å². The number of methoxy groups -OCH3 is 1. The number of rotatable bonds is 9. The Morgan fingerprint density at radius 3 is 2.41 bits per heavy atom. The van der Waals surface area contributed by atoms with Crippen LogP contribution in [0.1, 0.15) is 42.1 Å². The predicted molar refractivity (Wildman–Crippen MR) is 132 cm³/mol. The highest BCUT2D eigenvalue weighted by Gasteiger charge is 2.44. The first-order chi connectivity index (χ1) is 17.9. The SMILES string of the molecule is COc1ccc(C2(c3noc(CNCCN4CCN(c5ccc(C(F)(F)F)cn5)CC4)n3)CCC2)cc1. The molecule has 11 heteroatoms. The summed E-state index contributed by atoms with van der Waals surface area (Å²) in [6.07, 6.45) is -0.330. The molecule has 1 aliphatic heterocycles. The Kier molecular flexibility index (Phi) is 7.34. The second kappa shape index (κ2) is 10.7. The first kappa shape index (κ1) is 25.5. The van der Waals surface area contributed by atoms with E-state index in [-0.39, 0.29) is 5.41 Å². The van der Waals surface area contributed by atoms with Crippen LogP contribution in [0.3, 0.4) is 0 Å². The number of alkyl halides is 3. The molecule has 0 spiro atoms. The molecule has 8 nitrogen and oxygen atoms in total. The number of anilines is 1. The quantitative estimate of drug-likeness (QED) is 0.430. The monoisotopic (exact) mass is 516 g/mol. The molecule has 2 aliphatic rings. The largest absolute Gasteiger partial charge is 0.497 e. The Hall–Kier alpha value is -3.18. The Labute approximate surface area is 213 Å². The van der Waals surface area contributed by atoms with E-state index < -0.39 is 11.7 Å². The molecule has 1 aliphatic carbocycles. The van der Waals surface area contributed by atoms with Crippen molar-refractivity contribution in [3.8, 4) is 5.75 Å². The van der Waals surface area contributed by atoms with Gasteiger partial charge in [0, 0.05) is 45.5 Å². The van der Waals surface area contributed by atoms with Crippen molar-refractivity contribution in [2.45, 2.75) is 37.4 Å². The van der Waals surface area contributed by atoms with Gasteiger partial charge in [0.2, 0.25) is 5.89 Å². The molecule has 198 valence electrons. The lowest BCUT2D eigenvalue weighted by atomic mass is 9.64. The van der Waals surface area contributed by atoms with Crippen molar-refractivity contribution in [1.82, 2.24) is 25.3 Å². The summed E-state index contributed by atoms with van der Waals surface area (Å²) >= 11 is 0. The van der Waals surface area contributed by atoms with Crippen LogP contribution in [0.2, 0.25) is 0 Å². The number of halogens is 3. The molecule has 1 saturated carbocycles. The van der Waals surface area contributed by atoms with Crippen molar-refractivity contribution in [3.05, 3.63) is 65.4 Å². The second-order valence-corrected chi connectivity index (χ2v) is 9.58. The fourth-order valence-corrected chi connectivity index (χ4v) is 4.98. The number of hydrogen-bond donors (Lipinski definition) is 1. The van der Waals surface area contributed by atoms with Crippen LogP contribution in [0, 0.1) is 0 Å². The third-order valence-corrected chi connectivity index (χ3v) is 7.40. The molecule has 1 aromatic carbocycles. The summed E-state index contributed by atoms with van der Waals surface area (Å²) in [5, 5.41) is 7.69. The van der Waals surface area contributed by atoms with E-state index in [1.807, 2.05) is 17.0 Å². The molecule has 0 bridgehead atoms. The van der Waals surface area contributed by atoms with Crippen molar-refractivity contribution in [1.29, 1.82) is 0 Å². The minimum absolute atomic E-state index is 0.185. The topological polar surface area (TPSA) is 79.6 Å². The molecule has 0 amide bonds. The zero-order valence-electron chi connectivity index (χ0n) is 20.8. The average molecular weight is 517 g/mol. The molecule has 0 unspecified atom stereocenters. The Bertz CT molecular complexity index is 1150.